The van der Waals surface area contributed by atoms with Gasteiger partial charge in [0.1, 0.15) is 10.8 Å². The first-order chi connectivity index (χ1) is 12.9. The molecule has 1 aromatic heterocycles. The van der Waals surface area contributed by atoms with Crippen molar-refractivity contribution in [2.75, 3.05) is 20.2 Å². The Hall–Kier alpha value is -1.97. The molecule has 0 radical (unpaired) electrons. The van der Waals surface area contributed by atoms with Crippen molar-refractivity contribution in [3.8, 4) is 5.75 Å². The van der Waals surface area contributed by atoms with Crippen LogP contribution in [0.2, 0.25) is 0 Å². The Labute approximate surface area is 161 Å². The van der Waals surface area contributed by atoms with Gasteiger partial charge < -0.3 is 9.47 Å². The lowest BCUT2D eigenvalue weighted by Gasteiger charge is -2.30. The summed E-state index contributed by atoms with van der Waals surface area (Å²) in [5.41, 5.74) is 0.500. The summed E-state index contributed by atoms with van der Waals surface area (Å²) in [4.78, 5) is 12.4. The van der Waals surface area contributed by atoms with Gasteiger partial charge in [0, 0.05) is 13.1 Å². The quantitative estimate of drug-likeness (QED) is 0.681. The maximum Gasteiger partial charge on any atom is 0.310 e. The molecule has 0 N–H and O–H groups in total. The maximum absolute atomic E-state index is 13.7. The highest BCUT2D eigenvalue weighted by molar-refractivity contribution is 7.91. The number of ether oxygens (including phenoxy) is 2. The molecule has 0 aliphatic carbocycles. The first-order valence-electron chi connectivity index (χ1n) is 8.44. The van der Waals surface area contributed by atoms with Crippen LogP contribution in [0.25, 0.3) is 0 Å². The van der Waals surface area contributed by atoms with Crippen LogP contribution in [0.5, 0.6) is 5.75 Å². The highest BCUT2D eigenvalue weighted by atomic mass is 32.2. The number of sulfonamides is 1. The predicted molar refractivity (Wildman–Crippen MR) is 98.5 cm³/mol. The molecule has 1 saturated heterocycles. The van der Waals surface area contributed by atoms with Gasteiger partial charge in [-0.3, -0.25) is 4.79 Å². The van der Waals surface area contributed by atoms with E-state index in [0.29, 0.717) is 24.9 Å². The minimum Gasteiger partial charge on any atom is -0.494 e. The van der Waals surface area contributed by atoms with Crippen molar-refractivity contribution in [3.05, 3.63) is 47.1 Å². The molecule has 1 aromatic carbocycles. The Kier molecular flexibility index (Phi) is 6.13. The lowest BCUT2D eigenvalue weighted by molar-refractivity contribution is -0.151. The second-order valence-corrected chi connectivity index (χ2v) is 9.32. The highest BCUT2D eigenvalue weighted by Crippen LogP contribution is 2.27. The van der Waals surface area contributed by atoms with Crippen LogP contribution < -0.4 is 4.74 Å². The molecule has 1 unspecified atom stereocenters. The smallest absolute Gasteiger partial charge is 0.310 e. The summed E-state index contributed by atoms with van der Waals surface area (Å²) in [6.07, 6.45) is 1.15. The monoisotopic (exact) mass is 413 g/mol. The summed E-state index contributed by atoms with van der Waals surface area (Å²) >= 11 is 1.15. The maximum atomic E-state index is 13.7. The standard InChI is InChI=1S/C18H20FNO5S2/c1-24-16-7-6-13(10-15(16)19)12-25-18(21)14-4-2-8-20(11-14)27(22,23)17-5-3-9-26-17/h3,5-7,9-10,14H,2,4,8,11-12H2,1H3. The zero-order valence-electron chi connectivity index (χ0n) is 14.8. The Bertz CT molecular complexity index is 898. The number of hydrogen-bond donors (Lipinski definition) is 0. The molecule has 0 bridgehead atoms. The molecule has 2 aromatic rings. The fourth-order valence-electron chi connectivity index (χ4n) is 2.96. The van der Waals surface area contributed by atoms with Gasteiger partial charge in [0.15, 0.2) is 11.6 Å². The predicted octanol–water partition coefficient (Wildman–Crippen LogP) is 3.04. The van der Waals surface area contributed by atoms with Crippen molar-refractivity contribution in [1.82, 2.24) is 4.31 Å². The van der Waals surface area contributed by atoms with Crippen molar-refractivity contribution < 1.29 is 27.1 Å². The number of methoxy groups -OCH3 is 1. The second-order valence-electron chi connectivity index (χ2n) is 6.21. The van der Waals surface area contributed by atoms with E-state index in [1.807, 2.05) is 0 Å². The molecule has 146 valence electrons. The molecule has 0 amide bonds. The van der Waals surface area contributed by atoms with Crippen LogP contribution in [-0.2, 0) is 26.2 Å². The topological polar surface area (TPSA) is 72.9 Å². The number of benzene rings is 1. The molecular formula is C18H20FNO5S2. The highest BCUT2D eigenvalue weighted by Gasteiger charge is 2.34. The zero-order chi connectivity index (χ0) is 19.4. The molecule has 1 aliphatic heterocycles. The van der Waals surface area contributed by atoms with Crippen LogP contribution in [0.1, 0.15) is 18.4 Å². The van der Waals surface area contributed by atoms with E-state index >= 15 is 0 Å². The van der Waals surface area contributed by atoms with E-state index in [4.69, 9.17) is 9.47 Å². The van der Waals surface area contributed by atoms with Gasteiger partial charge in [-0.1, -0.05) is 12.1 Å². The number of carbonyl (C=O) groups excluding carboxylic acids is 1. The fraction of sp³-hybridized carbons (Fsp3) is 0.389. The van der Waals surface area contributed by atoms with Crippen molar-refractivity contribution >= 4 is 27.3 Å². The van der Waals surface area contributed by atoms with E-state index < -0.39 is 27.7 Å². The van der Waals surface area contributed by atoms with E-state index in [9.17, 15) is 17.6 Å². The average molecular weight is 413 g/mol. The van der Waals surface area contributed by atoms with E-state index in [-0.39, 0.29) is 23.1 Å². The van der Waals surface area contributed by atoms with E-state index in [1.165, 1.54) is 23.5 Å². The van der Waals surface area contributed by atoms with E-state index in [1.54, 1.807) is 23.6 Å². The average Bonchev–Trinajstić information content (AvgIpc) is 3.22. The van der Waals surface area contributed by atoms with Crippen LogP contribution >= 0.6 is 11.3 Å². The summed E-state index contributed by atoms with van der Waals surface area (Å²) in [5, 5.41) is 1.70. The number of halogens is 1. The third kappa shape index (κ3) is 4.48. The zero-order valence-corrected chi connectivity index (χ0v) is 16.4. The van der Waals surface area contributed by atoms with Crippen LogP contribution in [0.15, 0.2) is 39.9 Å². The Morgan fingerprint density at radius 1 is 1.37 bits per heavy atom. The summed E-state index contributed by atoms with van der Waals surface area (Å²) in [5.74, 6) is -1.42. The first-order valence-corrected chi connectivity index (χ1v) is 10.8. The van der Waals surface area contributed by atoms with Gasteiger partial charge in [-0.25, -0.2) is 12.8 Å². The summed E-state index contributed by atoms with van der Waals surface area (Å²) in [6.45, 7) is 0.400. The van der Waals surface area contributed by atoms with Crippen LogP contribution in [0.3, 0.4) is 0 Å². The molecule has 3 rings (SSSR count). The molecule has 9 heteroatoms. The number of carbonyl (C=O) groups is 1. The van der Waals surface area contributed by atoms with Crippen molar-refractivity contribution in [3.63, 3.8) is 0 Å². The lowest BCUT2D eigenvalue weighted by atomic mass is 10.00. The molecule has 1 aliphatic rings. The number of esters is 1. The summed E-state index contributed by atoms with van der Waals surface area (Å²) in [6, 6.07) is 7.57. The van der Waals surface area contributed by atoms with E-state index in [2.05, 4.69) is 0 Å². The van der Waals surface area contributed by atoms with Crippen LogP contribution in [-0.4, -0.2) is 38.9 Å². The molecule has 0 saturated carbocycles. The lowest BCUT2D eigenvalue weighted by Crippen LogP contribution is -2.42. The number of hydrogen-bond acceptors (Lipinski definition) is 6. The summed E-state index contributed by atoms with van der Waals surface area (Å²) < 4.78 is 50.7. The first kappa shape index (κ1) is 19.8. The molecule has 1 fully saturated rings. The number of nitrogens with zero attached hydrogens (tertiary/aromatic N) is 1. The molecule has 27 heavy (non-hydrogen) atoms. The van der Waals surface area contributed by atoms with Crippen LogP contribution in [0.4, 0.5) is 4.39 Å². The van der Waals surface area contributed by atoms with Crippen molar-refractivity contribution in [2.24, 2.45) is 5.92 Å². The van der Waals surface area contributed by atoms with E-state index in [0.717, 1.165) is 11.3 Å². The SMILES string of the molecule is COc1ccc(COC(=O)C2CCCN(S(=O)(=O)c3cccs3)C2)cc1F. The van der Waals surface area contributed by atoms with Gasteiger partial charge in [-0.15, -0.1) is 11.3 Å². The van der Waals surface area contributed by atoms with Crippen molar-refractivity contribution in [1.29, 1.82) is 0 Å². The minimum absolute atomic E-state index is 0.0755. The van der Waals surface area contributed by atoms with Crippen molar-refractivity contribution in [2.45, 2.75) is 23.7 Å². The van der Waals surface area contributed by atoms with Gasteiger partial charge in [0.05, 0.1) is 13.0 Å². The number of rotatable bonds is 6. The normalized spacial score (nSPS) is 18.2. The molecule has 1 atom stereocenters. The third-order valence-corrected chi connectivity index (χ3v) is 7.64. The molecule has 2 heterocycles. The molecule has 6 nitrogen and oxygen atoms in total. The largest absolute Gasteiger partial charge is 0.494 e. The Morgan fingerprint density at radius 2 is 2.19 bits per heavy atom. The third-order valence-electron chi connectivity index (χ3n) is 4.40. The molecule has 0 spiro atoms. The van der Waals surface area contributed by atoms with Gasteiger partial charge in [0.2, 0.25) is 0 Å². The van der Waals surface area contributed by atoms with Gasteiger partial charge in [-0.2, -0.15) is 4.31 Å². The molecular weight excluding hydrogens is 393 g/mol. The number of thiophene rings is 1. The Morgan fingerprint density at radius 3 is 2.85 bits per heavy atom. The fourth-order valence-corrected chi connectivity index (χ4v) is 5.63. The minimum atomic E-state index is -3.58. The summed E-state index contributed by atoms with van der Waals surface area (Å²) in [7, 11) is -2.21. The van der Waals surface area contributed by atoms with Gasteiger partial charge in [0.25, 0.3) is 10.0 Å². The second kappa shape index (κ2) is 8.37. The number of piperidine rings is 1. The van der Waals surface area contributed by atoms with Crippen LogP contribution in [0, 0.1) is 11.7 Å². The van der Waals surface area contributed by atoms with Gasteiger partial charge >= 0.3 is 5.97 Å². The van der Waals surface area contributed by atoms with Gasteiger partial charge in [-0.05, 0) is 42.0 Å². The Balaban J connectivity index is 1.61.